The van der Waals surface area contributed by atoms with Gasteiger partial charge in [0.15, 0.2) is 5.65 Å². The Morgan fingerprint density at radius 1 is 1.23 bits per heavy atom. The highest BCUT2D eigenvalue weighted by atomic mass is 16.5. The van der Waals surface area contributed by atoms with E-state index in [2.05, 4.69) is 29.9 Å². The number of hydrogen-bond donors (Lipinski definition) is 2. The molecular formula is C25H27N7O3. The molecule has 2 N–H and O–H groups in total. The Morgan fingerprint density at radius 3 is 2.89 bits per heavy atom. The fourth-order valence-corrected chi connectivity index (χ4v) is 5.01. The fourth-order valence-electron chi connectivity index (χ4n) is 5.01. The quantitative estimate of drug-likeness (QED) is 0.469. The Hall–Kier alpha value is -3.92. The fraction of sp³-hybridized carbons (Fsp3) is 0.360. The summed E-state index contributed by atoms with van der Waals surface area (Å²) in [6.45, 7) is 3.66. The highest BCUT2D eigenvalue weighted by Gasteiger charge is 2.31. The molecule has 1 amide bonds. The summed E-state index contributed by atoms with van der Waals surface area (Å²) in [4.78, 5) is 24.1. The van der Waals surface area contributed by atoms with Crippen LogP contribution in [-0.4, -0.2) is 60.5 Å². The summed E-state index contributed by atoms with van der Waals surface area (Å²) < 4.78 is 9.66. The summed E-state index contributed by atoms with van der Waals surface area (Å²) in [6.07, 6.45) is 13.0. The molecule has 2 aliphatic rings. The molecule has 1 saturated heterocycles. The van der Waals surface area contributed by atoms with Crippen molar-refractivity contribution in [1.29, 1.82) is 0 Å². The number of nitrogens with one attached hydrogen (secondary N) is 1. The van der Waals surface area contributed by atoms with E-state index >= 15 is 0 Å². The van der Waals surface area contributed by atoms with Crippen molar-refractivity contribution in [3.8, 4) is 5.75 Å². The molecule has 0 aliphatic carbocycles. The molecule has 0 radical (unpaired) electrons. The van der Waals surface area contributed by atoms with Gasteiger partial charge in [0, 0.05) is 56.4 Å². The molecule has 3 aromatic heterocycles. The predicted molar refractivity (Wildman–Crippen MR) is 130 cm³/mol. The summed E-state index contributed by atoms with van der Waals surface area (Å²) in [6, 6.07) is 6.09. The lowest BCUT2D eigenvalue weighted by atomic mass is 9.93. The van der Waals surface area contributed by atoms with Gasteiger partial charge in [-0.25, -0.2) is 14.5 Å². The first-order chi connectivity index (χ1) is 17.0. The van der Waals surface area contributed by atoms with Gasteiger partial charge in [0.05, 0.1) is 29.5 Å². The Kier molecular flexibility index (Phi) is 5.18. The van der Waals surface area contributed by atoms with Gasteiger partial charge < -0.3 is 24.6 Å². The molecule has 10 heteroatoms. The molecular weight excluding hydrogens is 446 g/mol. The lowest BCUT2D eigenvalue weighted by molar-refractivity contribution is -0.000562. The normalized spacial score (nSPS) is 20.5. The van der Waals surface area contributed by atoms with Crippen LogP contribution in [0.15, 0.2) is 55.5 Å². The SMILES string of the molecule is CC1(O)COc2cc(N3CCC(n4ccnc4)CC3)c(NC(=O)c3cnn4cccnc34)cc2C1. The number of nitrogens with zero attached hydrogens (tertiary/aromatic N) is 6. The lowest BCUT2D eigenvalue weighted by Crippen LogP contribution is -2.39. The number of ether oxygens (including phenoxy) is 1. The van der Waals surface area contributed by atoms with Gasteiger partial charge in [0.25, 0.3) is 5.91 Å². The summed E-state index contributed by atoms with van der Waals surface area (Å²) in [5, 5.41) is 17.9. The van der Waals surface area contributed by atoms with E-state index in [9.17, 15) is 9.90 Å². The molecule has 0 saturated carbocycles. The van der Waals surface area contributed by atoms with Crippen molar-refractivity contribution in [2.24, 2.45) is 0 Å². The Labute approximate surface area is 202 Å². The summed E-state index contributed by atoms with van der Waals surface area (Å²) in [7, 11) is 0. The first kappa shape index (κ1) is 21.6. The van der Waals surface area contributed by atoms with Crippen LogP contribution in [0.4, 0.5) is 11.4 Å². The van der Waals surface area contributed by atoms with Gasteiger partial charge in [0.1, 0.15) is 17.9 Å². The zero-order chi connectivity index (χ0) is 24.0. The second-order valence-electron chi connectivity index (χ2n) is 9.57. The van der Waals surface area contributed by atoms with Gasteiger partial charge in [0.2, 0.25) is 0 Å². The molecule has 1 fully saturated rings. The van der Waals surface area contributed by atoms with Gasteiger partial charge >= 0.3 is 0 Å². The van der Waals surface area contributed by atoms with Crippen molar-refractivity contribution >= 4 is 22.9 Å². The monoisotopic (exact) mass is 473 g/mol. The first-order valence-corrected chi connectivity index (χ1v) is 11.8. The zero-order valence-corrected chi connectivity index (χ0v) is 19.5. The van der Waals surface area contributed by atoms with Crippen LogP contribution in [0, 0.1) is 0 Å². The van der Waals surface area contributed by atoms with Crippen LogP contribution in [0.3, 0.4) is 0 Å². The van der Waals surface area contributed by atoms with E-state index in [0.29, 0.717) is 29.4 Å². The van der Waals surface area contributed by atoms with E-state index < -0.39 is 5.60 Å². The number of fused-ring (bicyclic) bond motifs is 2. The van der Waals surface area contributed by atoms with Crippen LogP contribution in [0.25, 0.3) is 5.65 Å². The smallest absolute Gasteiger partial charge is 0.261 e. The van der Waals surface area contributed by atoms with Gasteiger partial charge in [-0.15, -0.1) is 0 Å². The molecule has 0 bridgehead atoms. The number of aliphatic hydroxyl groups is 1. The molecule has 10 nitrogen and oxygen atoms in total. The van der Waals surface area contributed by atoms with Crippen molar-refractivity contribution in [2.45, 2.75) is 37.8 Å². The summed E-state index contributed by atoms with van der Waals surface area (Å²) in [5.74, 6) is 0.468. The average molecular weight is 474 g/mol. The van der Waals surface area contributed by atoms with Crippen LogP contribution in [0.2, 0.25) is 0 Å². The Morgan fingerprint density at radius 2 is 2.09 bits per heavy atom. The van der Waals surface area contributed by atoms with Gasteiger partial charge in [-0.3, -0.25) is 4.79 Å². The third-order valence-electron chi connectivity index (χ3n) is 6.81. The topological polar surface area (TPSA) is 110 Å². The summed E-state index contributed by atoms with van der Waals surface area (Å²) >= 11 is 0. The highest BCUT2D eigenvalue weighted by molar-refractivity contribution is 6.09. The molecule has 6 rings (SSSR count). The number of aromatic nitrogens is 5. The van der Waals surface area contributed by atoms with E-state index in [0.717, 1.165) is 42.9 Å². The van der Waals surface area contributed by atoms with Gasteiger partial charge in [-0.2, -0.15) is 5.10 Å². The van der Waals surface area contributed by atoms with Crippen LogP contribution < -0.4 is 15.0 Å². The number of benzene rings is 1. The molecule has 0 spiro atoms. The maximum Gasteiger partial charge on any atom is 0.261 e. The third kappa shape index (κ3) is 4.10. The number of piperidine rings is 1. The van der Waals surface area contributed by atoms with Crippen molar-refractivity contribution in [2.75, 3.05) is 29.9 Å². The average Bonchev–Trinajstić information content (AvgIpc) is 3.54. The second kappa shape index (κ2) is 8.38. The second-order valence-corrected chi connectivity index (χ2v) is 9.57. The number of amides is 1. The van der Waals surface area contributed by atoms with E-state index in [4.69, 9.17) is 4.74 Å². The standard InChI is InChI=1S/C25H27N7O3/c1-25(34)13-17-11-20(29-24(33)19-14-28-32-7-2-5-27-23(19)32)21(12-22(17)35-15-25)30-8-3-18(4-9-30)31-10-6-26-16-31/h2,5-7,10-12,14,16,18,34H,3-4,8-9,13,15H2,1H3,(H,29,33). The van der Waals surface area contributed by atoms with Crippen LogP contribution in [0.1, 0.15) is 41.7 Å². The molecule has 180 valence electrons. The lowest BCUT2D eigenvalue weighted by Gasteiger charge is -2.37. The van der Waals surface area contributed by atoms with E-state index in [1.807, 2.05) is 30.9 Å². The van der Waals surface area contributed by atoms with Gasteiger partial charge in [-0.05, 0) is 37.5 Å². The van der Waals surface area contributed by atoms with Gasteiger partial charge in [-0.1, -0.05) is 0 Å². The number of rotatable bonds is 4. The van der Waals surface area contributed by atoms with Crippen LogP contribution >= 0.6 is 0 Å². The maximum absolute atomic E-state index is 13.3. The highest BCUT2D eigenvalue weighted by Crippen LogP contribution is 2.40. The van der Waals surface area contributed by atoms with Crippen molar-refractivity contribution < 1.29 is 14.6 Å². The zero-order valence-electron chi connectivity index (χ0n) is 19.5. The molecule has 4 aromatic rings. The van der Waals surface area contributed by atoms with E-state index in [-0.39, 0.29) is 12.5 Å². The molecule has 5 heterocycles. The Bertz CT molecular complexity index is 1370. The number of anilines is 2. The molecule has 35 heavy (non-hydrogen) atoms. The minimum Gasteiger partial charge on any atom is -0.490 e. The largest absolute Gasteiger partial charge is 0.490 e. The van der Waals surface area contributed by atoms with E-state index in [1.54, 1.807) is 29.9 Å². The van der Waals surface area contributed by atoms with Crippen LogP contribution in [-0.2, 0) is 6.42 Å². The maximum atomic E-state index is 13.3. The minimum absolute atomic E-state index is 0.238. The number of carbonyl (C=O) groups is 1. The van der Waals surface area contributed by atoms with E-state index in [1.165, 1.54) is 6.20 Å². The number of hydrogen-bond acceptors (Lipinski definition) is 7. The molecule has 2 aliphatic heterocycles. The van der Waals surface area contributed by atoms with Crippen molar-refractivity contribution in [1.82, 2.24) is 24.1 Å². The number of imidazole rings is 1. The first-order valence-electron chi connectivity index (χ1n) is 11.8. The predicted octanol–water partition coefficient (Wildman–Crippen LogP) is 2.71. The summed E-state index contributed by atoms with van der Waals surface area (Å²) in [5.41, 5.74) is 2.41. The molecule has 1 aromatic carbocycles. The van der Waals surface area contributed by atoms with Crippen molar-refractivity contribution in [3.63, 3.8) is 0 Å². The number of carbonyl (C=O) groups excluding carboxylic acids is 1. The minimum atomic E-state index is -0.953. The molecule has 1 atom stereocenters. The third-order valence-corrected chi connectivity index (χ3v) is 6.81. The van der Waals surface area contributed by atoms with Crippen molar-refractivity contribution in [3.05, 3.63) is 66.6 Å². The Balaban J connectivity index is 1.32. The molecule has 1 unspecified atom stereocenters. The van der Waals surface area contributed by atoms with Crippen LogP contribution in [0.5, 0.6) is 5.75 Å².